The second-order valence-corrected chi connectivity index (χ2v) is 4.46. The molecule has 1 aliphatic heterocycles. The minimum absolute atomic E-state index is 0.999. The Morgan fingerprint density at radius 2 is 1.87 bits per heavy atom. The molecule has 2 heteroatoms. The third-order valence-electron chi connectivity index (χ3n) is 2.59. The van der Waals surface area contributed by atoms with Gasteiger partial charge in [0.15, 0.2) is 0 Å². The van der Waals surface area contributed by atoms with Crippen LogP contribution in [0.3, 0.4) is 0 Å². The van der Waals surface area contributed by atoms with Crippen molar-refractivity contribution in [1.82, 2.24) is 0 Å². The van der Waals surface area contributed by atoms with Gasteiger partial charge < -0.3 is 4.31 Å². The van der Waals surface area contributed by atoms with E-state index in [4.69, 9.17) is 0 Å². The Labute approximate surface area is 93.5 Å². The van der Waals surface area contributed by atoms with Crippen molar-refractivity contribution in [3.05, 3.63) is 53.9 Å². The maximum absolute atomic E-state index is 2.31. The van der Waals surface area contributed by atoms with Gasteiger partial charge in [-0.05, 0) is 28.8 Å². The molecule has 0 unspecified atom stereocenters. The highest BCUT2D eigenvalue weighted by molar-refractivity contribution is 8.03. The number of hydrogen-bond donors (Lipinski definition) is 0. The average molecular weight is 213 g/mol. The maximum Gasteiger partial charge on any atom is 0.0555 e. The van der Waals surface area contributed by atoms with Crippen molar-refractivity contribution in [2.24, 2.45) is 0 Å². The Bertz CT molecular complexity index is 505. The van der Waals surface area contributed by atoms with Crippen LogP contribution < -0.4 is 4.31 Å². The second kappa shape index (κ2) is 3.63. The van der Waals surface area contributed by atoms with E-state index < -0.39 is 0 Å². The van der Waals surface area contributed by atoms with Crippen molar-refractivity contribution in [2.75, 3.05) is 10.8 Å². The van der Waals surface area contributed by atoms with Crippen LogP contribution in [-0.4, -0.2) is 6.54 Å². The Kier molecular flexibility index (Phi) is 2.14. The molecule has 74 valence electrons. The fourth-order valence-corrected chi connectivity index (χ4v) is 2.64. The summed E-state index contributed by atoms with van der Waals surface area (Å²) in [5.74, 6) is 0. The van der Waals surface area contributed by atoms with Crippen molar-refractivity contribution >= 4 is 28.4 Å². The second-order valence-electron chi connectivity index (χ2n) is 3.54. The molecule has 0 atom stereocenters. The smallest absolute Gasteiger partial charge is 0.0555 e. The molecular formula is C13H11NS. The van der Waals surface area contributed by atoms with E-state index in [1.807, 2.05) is 0 Å². The zero-order valence-corrected chi connectivity index (χ0v) is 9.08. The summed E-state index contributed by atoms with van der Waals surface area (Å²) in [6.45, 7) is 0.999. The Morgan fingerprint density at radius 3 is 2.73 bits per heavy atom. The minimum Gasteiger partial charge on any atom is -0.308 e. The highest BCUT2D eigenvalue weighted by Crippen LogP contribution is 2.33. The molecule has 2 aromatic carbocycles. The molecule has 0 bridgehead atoms. The van der Waals surface area contributed by atoms with Gasteiger partial charge in [0.2, 0.25) is 0 Å². The minimum atomic E-state index is 0.999. The van der Waals surface area contributed by atoms with Crippen LogP contribution in [0.5, 0.6) is 0 Å². The lowest BCUT2D eigenvalue weighted by atomic mass is 10.1. The van der Waals surface area contributed by atoms with Crippen molar-refractivity contribution < 1.29 is 0 Å². The standard InChI is InChI=1S/C13H11NS/c1-2-7-12-11(5-1)6-3-8-13(12)14-9-4-10-15-14/h1-8,10H,9H2. The van der Waals surface area contributed by atoms with Gasteiger partial charge in [-0.25, -0.2) is 0 Å². The summed E-state index contributed by atoms with van der Waals surface area (Å²) in [5.41, 5.74) is 1.31. The molecule has 0 amide bonds. The van der Waals surface area contributed by atoms with E-state index >= 15 is 0 Å². The SMILES string of the molecule is C1=CSN(c2cccc3ccccc23)C1. The zero-order valence-electron chi connectivity index (χ0n) is 8.26. The average Bonchev–Trinajstić information content (AvgIpc) is 2.82. The van der Waals surface area contributed by atoms with E-state index in [2.05, 4.69) is 58.3 Å². The summed E-state index contributed by atoms with van der Waals surface area (Å²) in [6, 6.07) is 15.0. The van der Waals surface area contributed by atoms with E-state index in [1.54, 1.807) is 11.9 Å². The Balaban J connectivity index is 2.17. The summed E-state index contributed by atoms with van der Waals surface area (Å²) in [5, 5.41) is 4.78. The van der Waals surface area contributed by atoms with Crippen molar-refractivity contribution in [3.63, 3.8) is 0 Å². The molecule has 3 rings (SSSR count). The van der Waals surface area contributed by atoms with Crippen LogP contribution in [0.25, 0.3) is 10.8 Å². The third-order valence-corrected chi connectivity index (χ3v) is 3.51. The zero-order chi connectivity index (χ0) is 10.1. The Morgan fingerprint density at radius 1 is 1.00 bits per heavy atom. The predicted molar refractivity (Wildman–Crippen MR) is 68.0 cm³/mol. The highest BCUT2D eigenvalue weighted by atomic mass is 32.2. The largest absolute Gasteiger partial charge is 0.308 e. The maximum atomic E-state index is 2.31. The fourth-order valence-electron chi connectivity index (χ4n) is 1.88. The van der Waals surface area contributed by atoms with Crippen LogP contribution in [0.1, 0.15) is 0 Å². The third kappa shape index (κ3) is 1.51. The van der Waals surface area contributed by atoms with Crippen molar-refractivity contribution in [3.8, 4) is 0 Å². The number of benzene rings is 2. The molecular weight excluding hydrogens is 202 g/mol. The molecule has 0 fully saturated rings. The summed E-state index contributed by atoms with van der Waals surface area (Å²) < 4.78 is 2.31. The van der Waals surface area contributed by atoms with Gasteiger partial charge in [-0.1, -0.05) is 42.5 Å². The summed E-state index contributed by atoms with van der Waals surface area (Å²) >= 11 is 1.76. The summed E-state index contributed by atoms with van der Waals surface area (Å²) in [6.07, 6.45) is 2.19. The van der Waals surface area contributed by atoms with Crippen LogP contribution in [0.15, 0.2) is 53.9 Å². The van der Waals surface area contributed by atoms with Crippen LogP contribution in [0, 0.1) is 0 Å². The van der Waals surface area contributed by atoms with Gasteiger partial charge in [-0.15, -0.1) is 0 Å². The van der Waals surface area contributed by atoms with E-state index in [0.29, 0.717) is 0 Å². The van der Waals surface area contributed by atoms with Gasteiger partial charge in [0.05, 0.1) is 5.69 Å². The number of nitrogens with zero attached hydrogens (tertiary/aromatic N) is 1. The van der Waals surface area contributed by atoms with Gasteiger partial charge in [-0.3, -0.25) is 0 Å². The first kappa shape index (κ1) is 8.86. The van der Waals surface area contributed by atoms with Gasteiger partial charge in [-0.2, -0.15) is 0 Å². The fraction of sp³-hybridized carbons (Fsp3) is 0.0769. The topological polar surface area (TPSA) is 3.24 Å². The summed E-state index contributed by atoms with van der Waals surface area (Å²) in [7, 11) is 0. The molecule has 0 aliphatic carbocycles. The normalized spacial score (nSPS) is 15.1. The molecule has 1 heterocycles. The molecule has 1 aliphatic rings. The van der Waals surface area contributed by atoms with E-state index in [0.717, 1.165) is 6.54 Å². The van der Waals surface area contributed by atoms with Crippen LogP contribution in [-0.2, 0) is 0 Å². The van der Waals surface area contributed by atoms with E-state index in [9.17, 15) is 0 Å². The lowest BCUT2D eigenvalue weighted by Gasteiger charge is -2.18. The first-order chi connectivity index (χ1) is 7.45. The van der Waals surface area contributed by atoms with Crippen LogP contribution in [0.2, 0.25) is 0 Å². The number of hydrogen-bond acceptors (Lipinski definition) is 2. The van der Waals surface area contributed by atoms with Crippen LogP contribution in [0.4, 0.5) is 5.69 Å². The van der Waals surface area contributed by atoms with Gasteiger partial charge in [0, 0.05) is 11.9 Å². The van der Waals surface area contributed by atoms with Crippen LogP contribution >= 0.6 is 11.9 Å². The molecule has 0 radical (unpaired) electrons. The molecule has 15 heavy (non-hydrogen) atoms. The van der Waals surface area contributed by atoms with Gasteiger partial charge in [0.1, 0.15) is 0 Å². The Hall–Kier alpha value is -1.41. The van der Waals surface area contributed by atoms with E-state index in [-0.39, 0.29) is 0 Å². The van der Waals surface area contributed by atoms with Crippen molar-refractivity contribution in [2.45, 2.75) is 0 Å². The van der Waals surface area contributed by atoms with Crippen molar-refractivity contribution in [1.29, 1.82) is 0 Å². The highest BCUT2D eigenvalue weighted by Gasteiger charge is 2.11. The van der Waals surface area contributed by atoms with E-state index in [1.165, 1.54) is 16.5 Å². The molecule has 0 aromatic heterocycles. The quantitative estimate of drug-likeness (QED) is 0.662. The first-order valence-corrected chi connectivity index (χ1v) is 5.86. The molecule has 1 nitrogen and oxygen atoms in total. The van der Waals surface area contributed by atoms with Gasteiger partial charge in [0.25, 0.3) is 0 Å². The number of fused-ring (bicyclic) bond motifs is 1. The van der Waals surface area contributed by atoms with Gasteiger partial charge >= 0.3 is 0 Å². The lowest BCUT2D eigenvalue weighted by molar-refractivity contribution is 1.25. The monoisotopic (exact) mass is 213 g/mol. The predicted octanol–water partition coefficient (Wildman–Crippen LogP) is 3.82. The number of rotatable bonds is 1. The lowest BCUT2D eigenvalue weighted by Crippen LogP contribution is -2.09. The molecule has 0 N–H and O–H groups in total. The molecule has 0 saturated heterocycles. The first-order valence-electron chi connectivity index (χ1n) is 5.02. The number of anilines is 1. The molecule has 0 spiro atoms. The molecule has 0 saturated carbocycles. The summed E-state index contributed by atoms with van der Waals surface area (Å²) in [4.78, 5) is 0. The molecule has 2 aromatic rings.